The van der Waals surface area contributed by atoms with Crippen LogP contribution in [-0.4, -0.2) is 31.0 Å². The van der Waals surface area contributed by atoms with Crippen LogP contribution in [0.15, 0.2) is 29.3 Å². The molecule has 6 heteroatoms. The van der Waals surface area contributed by atoms with Crippen molar-refractivity contribution in [1.82, 2.24) is 0 Å². The summed E-state index contributed by atoms with van der Waals surface area (Å²) in [6, 6.07) is 7.24. The van der Waals surface area contributed by atoms with Gasteiger partial charge in [0.05, 0.1) is 18.9 Å². The topological polar surface area (TPSA) is 82.0 Å². The minimum absolute atomic E-state index is 0.00773. The molecule has 0 heterocycles. The molecule has 22 heavy (non-hydrogen) atoms. The lowest BCUT2D eigenvalue weighted by atomic mass is 10.1. The third-order valence-electron chi connectivity index (χ3n) is 2.42. The predicted molar refractivity (Wildman–Crippen MR) is 81.2 cm³/mol. The molecule has 1 aromatic rings. The Bertz CT molecular complexity index is 526. The number of carbonyl (C=O) groups is 1. The van der Waals surface area contributed by atoms with Gasteiger partial charge in [-0.2, -0.15) is 9.59 Å². The highest BCUT2D eigenvalue weighted by Gasteiger charge is 2.18. The Morgan fingerprint density at radius 2 is 1.59 bits per heavy atom. The van der Waals surface area contributed by atoms with Gasteiger partial charge in [0.15, 0.2) is 0 Å². The number of nitrogens with zero attached hydrogens (tertiary/aromatic N) is 1. The molecule has 0 N–H and O–H groups in total. The van der Waals surface area contributed by atoms with Gasteiger partial charge in [0.25, 0.3) is 0 Å². The number of ether oxygens (including phenoxy) is 2. The molecule has 0 spiro atoms. The molecule has 0 unspecified atom stereocenters. The molecule has 120 valence electrons. The Hall–Kier alpha value is -2.46. The fraction of sp³-hybridized carbons (Fsp3) is 0.438. The Morgan fingerprint density at radius 3 is 1.95 bits per heavy atom. The van der Waals surface area contributed by atoms with Crippen LogP contribution in [0.5, 0.6) is 5.75 Å². The lowest BCUT2D eigenvalue weighted by Crippen LogP contribution is -2.25. The monoisotopic (exact) mass is 307 g/mol. The number of hydrogen-bond acceptors (Lipinski definition) is 6. The van der Waals surface area contributed by atoms with Gasteiger partial charge in [-0.1, -0.05) is 13.8 Å². The van der Waals surface area contributed by atoms with Crippen LogP contribution in [0.25, 0.3) is 0 Å². The molecule has 0 amide bonds. The first kappa shape index (κ1) is 19.5. The number of esters is 1. The fourth-order valence-corrected chi connectivity index (χ4v) is 1.48. The SMILES string of the molecule is COc1ccc(N=C(C(=O)OC(C)C)C(C)C)cc1.O=C=O. The van der Waals surface area contributed by atoms with Crippen LogP contribution in [0.4, 0.5) is 5.69 Å². The maximum atomic E-state index is 11.9. The summed E-state index contributed by atoms with van der Waals surface area (Å²) in [5, 5.41) is 0. The van der Waals surface area contributed by atoms with Crippen molar-refractivity contribution in [3.63, 3.8) is 0 Å². The summed E-state index contributed by atoms with van der Waals surface area (Å²) >= 11 is 0. The Morgan fingerprint density at radius 1 is 1.09 bits per heavy atom. The Labute approximate surface area is 130 Å². The van der Waals surface area contributed by atoms with Gasteiger partial charge in [-0.15, -0.1) is 0 Å². The molecule has 0 aliphatic carbocycles. The number of carbonyl (C=O) groups excluding carboxylic acids is 3. The van der Waals surface area contributed by atoms with E-state index in [1.54, 1.807) is 7.11 Å². The molecule has 0 aliphatic rings. The van der Waals surface area contributed by atoms with Gasteiger partial charge in [-0.25, -0.2) is 9.79 Å². The molecule has 0 saturated carbocycles. The van der Waals surface area contributed by atoms with E-state index in [1.165, 1.54) is 0 Å². The number of methoxy groups -OCH3 is 1. The summed E-state index contributed by atoms with van der Waals surface area (Å²) in [4.78, 5) is 32.6. The molecule has 0 saturated heterocycles. The van der Waals surface area contributed by atoms with Crippen molar-refractivity contribution in [3.8, 4) is 5.75 Å². The average Bonchev–Trinajstić information content (AvgIpc) is 2.45. The van der Waals surface area contributed by atoms with E-state index in [0.717, 1.165) is 5.75 Å². The first-order chi connectivity index (χ1) is 10.3. The second-order valence-electron chi connectivity index (χ2n) is 4.89. The maximum Gasteiger partial charge on any atom is 0.373 e. The lowest BCUT2D eigenvalue weighted by Gasteiger charge is -2.12. The molecule has 1 rings (SSSR count). The maximum absolute atomic E-state index is 11.9. The summed E-state index contributed by atoms with van der Waals surface area (Å²) < 4.78 is 10.3. The van der Waals surface area contributed by atoms with E-state index in [4.69, 9.17) is 19.1 Å². The van der Waals surface area contributed by atoms with Crippen LogP contribution in [0.3, 0.4) is 0 Å². The van der Waals surface area contributed by atoms with Crippen molar-refractivity contribution in [1.29, 1.82) is 0 Å². The van der Waals surface area contributed by atoms with E-state index in [-0.39, 0.29) is 24.1 Å². The van der Waals surface area contributed by atoms with Crippen molar-refractivity contribution >= 4 is 23.5 Å². The van der Waals surface area contributed by atoms with Gasteiger partial charge in [0, 0.05) is 5.92 Å². The number of rotatable bonds is 5. The van der Waals surface area contributed by atoms with Crippen LogP contribution in [0.2, 0.25) is 0 Å². The molecule has 6 nitrogen and oxygen atoms in total. The van der Waals surface area contributed by atoms with Gasteiger partial charge in [-0.3, -0.25) is 0 Å². The molecule has 0 bridgehead atoms. The minimum Gasteiger partial charge on any atom is -0.497 e. The molecule has 1 aromatic carbocycles. The second kappa shape index (κ2) is 10.3. The van der Waals surface area contributed by atoms with E-state index >= 15 is 0 Å². The van der Waals surface area contributed by atoms with Crippen LogP contribution in [0, 0.1) is 5.92 Å². The molecular formula is C16H21NO5. The van der Waals surface area contributed by atoms with Crippen molar-refractivity contribution in [3.05, 3.63) is 24.3 Å². The van der Waals surface area contributed by atoms with Gasteiger partial charge >= 0.3 is 12.1 Å². The molecule has 0 atom stereocenters. The number of benzene rings is 1. The van der Waals surface area contributed by atoms with E-state index < -0.39 is 0 Å². The van der Waals surface area contributed by atoms with E-state index in [1.807, 2.05) is 52.0 Å². The van der Waals surface area contributed by atoms with Crippen LogP contribution >= 0.6 is 0 Å². The summed E-state index contributed by atoms with van der Waals surface area (Å²) in [7, 11) is 1.61. The molecular weight excluding hydrogens is 286 g/mol. The van der Waals surface area contributed by atoms with Crippen LogP contribution < -0.4 is 4.74 Å². The standard InChI is InChI=1S/C15H21NO3.CO2/c1-10(2)14(15(17)19-11(3)4)16-12-6-8-13(18-5)9-7-12;2-1-3/h6-11H,1-5H3;. The lowest BCUT2D eigenvalue weighted by molar-refractivity contribution is -0.191. The average molecular weight is 307 g/mol. The Kier molecular flexibility index (Phi) is 9.14. The summed E-state index contributed by atoms with van der Waals surface area (Å²) in [5.41, 5.74) is 1.14. The summed E-state index contributed by atoms with van der Waals surface area (Å²) in [6.45, 7) is 7.49. The molecule has 0 aromatic heterocycles. The molecule has 0 fully saturated rings. The highest BCUT2D eigenvalue weighted by molar-refractivity contribution is 6.37. The number of hydrogen-bond donors (Lipinski definition) is 0. The van der Waals surface area contributed by atoms with Crippen molar-refractivity contribution < 1.29 is 23.9 Å². The van der Waals surface area contributed by atoms with E-state index in [0.29, 0.717) is 11.4 Å². The highest BCUT2D eigenvalue weighted by Crippen LogP contribution is 2.19. The smallest absolute Gasteiger partial charge is 0.373 e. The highest BCUT2D eigenvalue weighted by atomic mass is 16.5. The fourth-order valence-electron chi connectivity index (χ4n) is 1.48. The largest absolute Gasteiger partial charge is 0.497 e. The first-order valence-electron chi connectivity index (χ1n) is 6.78. The molecule has 0 radical (unpaired) electrons. The van der Waals surface area contributed by atoms with Crippen molar-refractivity contribution in [2.24, 2.45) is 10.9 Å². The zero-order chi connectivity index (χ0) is 17.1. The van der Waals surface area contributed by atoms with Gasteiger partial charge < -0.3 is 9.47 Å². The Balaban J connectivity index is 0.00000135. The van der Waals surface area contributed by atoms with E-state index in [9.17, 15) is 4.79 Å². The zero-order valence-corrected chi connectivity index (χ0v) is 13.5. The summed E-state index contributed by atoms with van der Waals surface area (Å²) in [6.07, 6.45) is 0.104. The third kappa shape index (κ3) is 7.36. The minimum atomic E-state index is -0.360. The quantitative estimate of drug-likeness (QED) is 0.617. The first-order valence-corrected chi connectivity index (χ1v) is 6.78. The third-order valence-corrected chi connectivity index (χ3v) is 2.42. The normalized spacial score (nSPS) is 10.6. The van der Waals surface area contributed by atoms with Crippen LogP contribution in [-0.2, 0) is 19.1 Å². The van der Waals surface area contributed by atoms with Gasteiger partial charge in [0.2, 0.25) is 0 Å². The second-order valence-corrected chi connectivity index (χ2v) is 4.89. The van der Waals surface area contributed by atoms with Crippen LogP contribution in [0.1, 0.15) is 27.7 Å². The predicted octanol–water partition coefficient (Wildman–Crippen LogP) is 2.79. The van der Waals surface area contributed by atoms with Crippen molar-refractivity contribution in [2.45, 2.75) is 33.8 Å². The van der Waals surface area contributed by atoms with Gasteiger partial charge in [0.1, 0.15) is 11.5 Å². The molecule has 0 aliphatic heterocycles. The van der Waals surface area contributed by atoms with Gasteiger partial charge in [-0.05, 0) is 38.1 Å². The van der Waals surface area contributed by atoms with E-state index in [2.05, 4.69) is 4.99 Å². The zero-order valence-electron chi connectivity index (χ0n) is 13.5. The van der Waals surface area contributed by atoms with Crippen molar-refractivity contribution in [2.75, 3.05) is 7.11 Å². The summed E-state index contributed by atoms with van der Waals surface area (Å²) in [5.74, 6) is 0.406. The number of aliphatic imine (C=N–C) groups is 1.